The van der Waals surface area contributed by atoms with E-state index >= 15 is 0 Å². The van der Waals surface area contributed by atoms with Gasteiger partial charge in [-0.3, -0.25) is 9.20 Å². The Morgan fingerprint density at radius 3 is 2.33 bits per heavy atom. The van der Waals surface area contributed by atoms with Crippen LogP contribution in [-0.2, 0) is 6.18 Å². The molecule has 0 bridgehead atoms. The number of alkyl halides is 3. The second-order valence-corrected chi connectivity index (χ2v) is 6.81. The number of nitrogens with one attached hydrogen (secondary N) is 1. The van der Waals surface area contributed by atoms with Crippen LogP contribution in [0.4, 0.5) is 23.4 Å². The highest BCUT2D eigenvalue weighted by Gasteiger charge is 2.33. The number of halogens is 5. The van der Waals surface area contributed by atoms with Crippen LogP contribution in [0.15, 0.2) is 66.9 Å². The monoisotopic (exact) mass is 433 g/mol. The first-order valence-corrected chi connectivity index (χ1v) is 9.03. The molecule has 0 aliphatic carbocycles. The summed E-state index contributed by atoms with van der Waals surface area (Å²) in [5, 5.41) is 2.37. The molecule has 2 aromatic carbocycles. The third-order valence-corrected chi connectivity index (χ3v) is 4.67. The minimum Gasteiger partial charge on any atom is -0.306 e. The van der Waals surface area contributed by atoms with Gasteiger partial charge in [-0.1, -0.05) is 29.8 Å². The molecular formula is C21H12ClF4N3O. The molecule has 30 heavy (non-hydrogen) atoms. The quantitative estimate of drug-likeness (QED) is 0.399. The maximum atomic E-state index is 13.3. The summed E-state index contributed by atoms with van der Waals surface area (Å²) >= 11 is 6.06. The molecule has 0 atom stereocenters. The lowest BCUT2D eigenvalue weighted by molar-refractivity contribution is -0.137. The topological polar surface area (TPSA) is 46.4 Å². The molecule has 1 amide bonds. The van der Waals surface area contributed by atoms with E-state index in [0.717, 1.165) is 16.7 Å². The van der Waals surface area contributed by atoms with E-state index in [0.29, 0.717) is 11.1 Å². The molecule has 4 nitrogen and oxygen atoms in total. The van der Waals surface area contributed by atoms with Crippen LogP contribution in [0.2, 0.25) is 5.02 Å². The van der Waals surface area contributed by atoms with Crippen LogP contribution in [0, 0.1) is 5.82 Å². The molecule has 0 radical (unpaired) electrons. The molecule has 152 valence electrons. The summed E-state index contributed by atoms with van der Waals surface area (Å²) in [5.74, 6) is -1.05. The number of fused-ring (bicyclic) bond motifs is 1. The normalized spacial score (nSPS) is 11.6. The molecular weight excluding hydrogens is 422 g/mol. The average Bonchev–Trinajstić information content (AvgIpc) is 3.07. The number of nitrogens with zero attached hydrogens (tertiary/aromatic N) is 2. The Kier molecular flexibility index (Phi) is 4.95. The number of carbonyl (C=O) groups excluding carboxylic acids is 1. The minimum atomic E-state index is -4.65. The molecule has 0 aliphatic heterocycles. The van der Waals surface area contributed by atoms with Crippen molar-refractivity contribution in [3.8, 4) is 11.3 Å². The Morgan fingerprint density at radius 2 is 1.70 bits per heavy atom. The number of rotatable bonds is 3. The Labute approximate surface area is 172 Å². The Hall–Kier alpha value is -3.39. The second kappa shape index (κ2) is 7.46. The SMILES string of the molecule is O=C(Nc1c(-c2ccc(F)cc2)nc2c(Cl)cc(C(F)(F)F)cn12)c1ccccc1. The average molecular weight is 434 g/mol. The molecule has 0 spiro atoms. The zero-order chi connectivity index (χ0) is 21.5. The fourth-order valence-corrected chi connectivity index (χ4v) is 3.21. The lowest BCUT2D eigenvalue weighted by Crippen LogP contribution is -2.14. The van der Waals surface area contributed by atoms with Gasteiger partial charge in [0.2, 0.25) is 0 Å². The fourth-order valence-electron chi connectivity index (χ4n) is 2.96. The standard InChI is InChI=1S/C21H12ClF4N3O/c22-16-10-14(21(24,25)26)11-29-18(16)27-17(12-6-8-15(23)9-7-12)19(29)28-20(30)13-4-2-1-3-5-13/h1-11H,(H,28,30). The van der Waals surface area contributed by atoms with Gasteiger partial charge < -0.3 is 5.32 Å². The van der Waals surface area contributed by atoms with E-state index in [2.05, 4.69) is 10.3 Å². The van der Waals surface area contributed by atoms with Gasteiger partial charge in [-0.05, 0) is 42.5 Å². The summed E-state index contributed by atoms with van der Waals surface area (Å²) in [4.78, 5) is 17.0. The molecule has 0 unspecified atom stereocenters. The number of amides is 1. The molecule has 9 heteroatoms. The van der Waals surface area contributed by atoms with Gasteiger partial charge in [0.15, 0.2) is 5.65 Å². The van der Waals surface area contributed by atoms with Crippen molar-refractivity contribution in [2.75, 3.05) is 5.32 Å². The molecule has 0 fully saturated rings. The van der Waals surface area contributed by atoms with E-state index in [9.17, 15) is 22.4 Å². The molecule has 0 aliphatic rings. The lowest BCUT2D eigenvalue weighted by atomic mass is 10.1. The van der Waals surface area contributed by atoms with Gasteiger partial charge >= 0.3 is 6.18 Å². The largest absolute Gasteiger partial charge is 0.417 e. The third kappa shape index (κ3) is 3.73. The fraction of sp³-hybridized carbons (Fsp3) is 0.0476. The molecule has 1 N–H and O–H groups in total. The highest BCUT2D eigenvalue weighted by atomic mass is 35.5. The van der Waals surface area contributed by atoms with Crippen molar-refractivity contribution < 1.29 is 22.4 Å². The minimum absolute atomic E-state index is 0.0153. The van der Waals surface area contributed by atoms with Crippen molar-refractivity contribution in [1.29, 1.82) is 0 Å². The Bertz CT molecular complexity index is 1240. The van der Waals surface area contributed by atoms with Crippen LogP contribution in [0.3, 0.4) is 0 Å². The zero-order valence-corrected chi connectivity index (χ0v) is 15.8. The van der Waals surface area contributed by atoms with E-state index in [1.165, 1.54) is 24.3 Å². The predicted octanol–water partition coefficient (Wildman–Crippen LogP) is 6.06. The predicted molar refractivity (Wildman–Crippen MR) is 105 cm³/mol. The van der Waals surface area contributed by atoms with E-state index in [-0.39, 0.29) is 22.2 Å². The summed E-state index contributed by atoms with van der Waals surface area (Å²) in [5.41, 5.74) is -0.130. The first-order chi connectivity index (χ1) is 14.2. The Morgan fingerprint density at radius 1 is 1.03 bits per heavy atom. The summed E-state index contributed by atoms with van der Waals surface area (Å²) in [6, 6.07) is 14.1. The zero-order valence-electron chi connectivity index (χ0n) is 15.0. The van der Waals surface area contributed by atoms with Crippen molar-refractivity contribution in [1.82, 2.24) is 9.38 Å². The maximum Gasteiger partial charge on any atom is 0.417 e. The van der Waals surface area contributed by atoms with Gasteiger partial charge in [0.1, 0.15) is 17.3 Å². The number of aromatic nitrogens is 2. The number of carbonyl (C=O) groups is 1. The van der Waals surface area contributed by atoms with Gasteiger partial charge in [0.25, 0.3) is 5.91 Å². The van der Waals surface area contributed by atoms with E-state index < -0.39 is 23.5 Å². The summed E-state index contributed by atoms with van der Waals surface area (Å²) in [7, 11) is 0. The van der Waals surface area contributed by atoms with Gasteiger partial charge in [-0.15, -0.1) is 0 Å². The first-order valence-electron chi connectivity index (χ1n) is 8.65. The van der Waals surface area contributed by atoms with Gasteiger partial charge in [-0.25, -0.2) is 9.37 Å². The van der Waals surface area contributed by atoms with Crippen molar-refractivity contribution in [3.63, 3.8) is 0 Å². The first kappa shape index (κ1) is 19.9. The van der Waals surface area contributed by atoms with Crippen LogP contribution < -0.4 is 5.32 Å². The summed E-state index contributed by atoms with van der Waals surface area (Å²) in [6.45, 7) is 0. The van der Waals surface area contributed by atoms with E-state index in [1.807, 2.05) is 0 Å². The molecule has 2 heterocycles. The summed E-state index contributed by atoms with van der Waals surface area (Å²) < 4.78 is 54.3. The number of hydrogen-bond acceptors (Lipinski definition) is 2. The highest BCUT2D eigenvalue weighted by molar-refractivity contribution is 6.33. The summed E-state index contributed by atoms with van der Waals surface area (Å²) in [6.07, 6.45) is -3.85. The van der Waals surface area contributed by atoms with Crippen molar-refractivity contribution >= 4 is 29.0 Å². The van der Waals surface area contributed by atoms with Crippen LogP contribution in [-0.4, -0.2) is 15.3 Å². The lowest BCUT2D eigenvalue weighted by Gasteiger charge is -2.11. The number of imidazole rings is 1. The van der Waals surface area contributed by atoms with Gasteiger partial charge in [-0.2, -0.15) is 13.2 Å². The van der Waals surface area contributed by atoms with Crippen molar-refractivity contribution in [2.45, 2.75) is 6.18 Å². The van der Waals surface area contributed by atoms with Crippen LogP contribution in [0.5, 0.6) is 0 Å². The van der Waals surface area contributed by atoms with Gasteiger partial charge in [0, 0.05) is 17.3 Å². The Balaban J connectivity index is 1.93. The smallest absolute Gasteiger partial charge is 0.306 e. The number of benzene rings is 2. The molecule has 0 saturated carbocycles. The van der Waals surface area contributed by atoms with Crippen LogP contribution in [0.25, 0.3) is 16.9 Å². The van der Waals surface area contributed by atoms with Crippen molar-refractivity contribution in [3.05, 3.63) is 88.8 Å². The third-order valence-electron chi connectivity index (χ3n) is 4.39. The number of pyridine rings is 1. The van der Waals surface area contributed by atoms with Crippen molar-refractivity contribution in [2.24, 2.45) is 0 Å². The number of anilines is 1. The molecule has 0 saturated heterocycles. The second-order valence-electron chi connectivity index (χ2n) is 6.40. The molecule has 4 aromatic rings. The maximum absolute atomic E-state index is 13.3. The van der Waals surface area contributed by atoms with Crippen LogP contribution >= 0.6 is 11.6 Å². The van der Waals surface area contributed by atoms with Gasteiger partial charge in [0.05, 0.1) is 10.6 Å². The number of hydrogen-bond donors (Lipinski definition) is 1. The van der Waals surface area contributed by atoms with Crippen LogP contribution in [0.1, 0.15) is 15.9 Å². The molecule has 2 aromatic heterocycles. The highest BCUT2D eigenvalue weighted by Crippen LogP contribution is 2.36. The van der Waals surface area contributed by atoms with E-state index in [4.69, 9.17) is 11.6 Å². The molecule has 4 rings (SSSR count). The van der Waals surface area contributed by atoms with E-state index in [1.54, 1.807) is 30.3 Å².